The number of aromatic amines is 1. The van der Waals surface area contributed by atoms with Gasteiger partial charge < -0.3 is 19.3 Å². The Hall–Kier alpha value is -1.31. The summed E-state index contributed by atoms with van der Waals surface area (Å²) in [4.78, 5) is 15.9. The molecule has 0 fully saturated rings. The van der Waals surface area contributed by atoms with Crippen molar-refractivity contribution in [2.24, 2.45) is 5.92 Å². The number of aldehydes is 1. The first-order valence-electron chi connectivity index (χ1n) is 6.71. The monoisotopic (exact) mass is 353 g/mol. The van der Waals surface area contributed by atoms with Gasteiger partial charge >= 0.3 is 0 Å². The fraction of sp³-hybridized carbons (Fsp3) is 0.333. The number of thiazole rings is 1. The summed E-state index contributed by atoms with van der Waals surface area (Å²) < 4.78 is 11.4. The number of hydrogen-bond acceptors (Lipinski definition) is 6. The molecule has 0 saturated carbocycles. The van der Waals surface area contributed by atoms with E-state index in [-0.39, 0.29) is 11.8 Å². The van der Waals surface area contributed by atoms with E-state index in [1.165, 1.54) is 0 Å². The summed E-state index contributed by atoms with van der Waals surface area (Å²) in [6, 6.07) is 5.82. The van der Waals surface area contributed by atoms with E-state index in [4.69, 9.17) is 21.7 Å². The van der Waals surface area contributed by atoms with E-state index in [0.717, 1.165) is 31.5 Å². The van der Waals surface area contributed by atoms with Crippen LogP contribution >= 0.6 is 35.3 Å². The van der Waals surface area contributed by atoms with Crippen molar-refractivity contribution >= 4 is 41.6 Å². The third-order valence-corrected chi connectivity index (χ3v) is 6.32. The predicted octanol–water partition coefficient (Wildman–Crippen LogP) is 3.88. The van der Waals surface area contributed by atoms with Gasteiger partial charge in [-0.15, -0.1) is 23.1 Å². The van der Waals surface area contributed by atoms with E-state index in [2.05, 4.69) is 4.98 Å². The molecule has 1 aliphatic heterocycles. The van der Waals surface area contributed by atoms with E-state index in [0.29, 0.717) is 11.5 Å². The van der Waals surface area contributed by atoms with Crippen LogP contribution in [0.4, 0.5) is 0 Å². The van der Waals surface area contributed by atoms with Crippen molar-refractivity contribution in [2.45, 2.75) is 10.9 Å². The lowest BCUT2D eigenvalue weighted by Crippen LogP contribution is -2.21. The van der Waals surface area contributed by atoms with Crippen molar-refractivity contribution in [3.05, 3.63) is 32.6 Å². The summed E-state index contributed by atoms with van der Waals surface area (Å²) in [5.74, 6) is 2.03. The van der Waals surface area contributed by atoms with Gasteiger partial charge in [-0.3, -0.25) is 0 Å². The van der Waals surface area contributed by atoms with Crippen molar-refractivity contribution < 1.29 is 14.3 Å². The lowest BCUT2D eigenvalue weighted by molar-refractivity contribution is -0.110. The van der Waals surface area contributed by atoms with Gasteiger partial charge in [0.15, 0.2) is 15.5 Å². The molecule has 0 amide bonds. The number of carbonyl (C=O) groups is 1. The maximum absolute atomic E-state index is 11.5. The highest BCUT2D eigenvalue weighted by Gasteiger charge is 2.33. The molecule has 1 N–H and O–H groups in total. The van der Waals surface area contributed by atoms with E-state index in [9.17, 15) is 4.79 Å². The molecule has 2 unspecified atom stereocenters. The number of hydrogen-bond donors (Lipinski definition) is 1. The zero-order chi connectivity index (χ0) is 15.7. The topological polar surface area (TPSA) is 51.3 Å². The minimum Gasteiger partial charge on any atom is -0.493 e. The Morgan fingerprint density at radius 1 is 1.32 bits per heavy atom. The molecule has 0 saturated heterocycles. The normalized spacial score (nSPS) is 20.3. The van der Waals surface area contributed by atoms with Crippen molar-refractivity contribution in [3.8, 4) is 11.5 Å². The SMILES string of the molecule is COc1ccc(C2c3sc(=S)[nH]c3SCC2C=O)cc1OC. The van der Waals surface area contributed by atoms with Crippen LogP contribution in [0.25, 0.3) is 0 Å². The first-order valence-corrected chi connectivity index (χ1v) is 8.92. The van der Waals surface area contributed by atoms with Crippen LogP contribution in [-0.2, 0) is 4.79 Å². The average Bonchev–Trinajstić information content (AvgIpc) is 2.93. The maximum atomic E-state index is 11.5. The number of methoxy groups -OCH3 is 2. The van der Waals surface area contributed by atoms with Gasteiger partial charge in [0.05, 0.1) is 19.2 Å². The summed E-state index contributed by atoms with van der Waals surface area (Å²) in [5, 5.41) is 1.08. The number of thioether (sulfide) groups is 1. The first-order chi connectivity index (χ1) is 10.7. The second-order valence-corrected chi connectivity index (χ2v) is 7.66. The standard InChI is InChI=1S/C15H15NO3S3/c1-18-10-4-3-8(5-11(10)19-2)12-9(6-17)7-21-14-13(12)22-15(20)16-14/h3-6,9,12H,7H2,1-2H3,(H,16,20). The smallest absolute Gasteiger partial charge is 0.161 e. The number of aromatic nitrogens is 1. The summed E-state index contributed by atoms with van der Waals surface area (Å²) >= 11 is 8.47. The summed E-state index contributed by atoms with van der Waals surface area (Å²) in [7, 11) is 3.22. The largest absolute Gasteiger partial charge is 0.493 e. The van der Waals surface area contributed by atoms with Gasteiger partial charge in [-0.25, -0.2) is 0 Å². The highest BCUT2D eigenvalue weighted by atomic mass is 32.2. The van der Waals surface area contributed by atoms with Crippen LogP contribution in [0.15, 0.2) is 23.2 Å². The molecule has 2 aromatic rings. The number of benzene rings is 1. The molecule has 0 radical (unpaired) electrons. The van der Waals surface area contributed by atoms with Crippen LogP contribution in [0.1, 0.15) is 16.4 Å². The van der Waals surface area contributed by atoms with Crippen LogP contribution in [-0.4, -0.2) is 31.2 Å². The number of nitrogens with one attached hydrogen (secondary N) is 1. The Bertz CT molecular complexity index is 753. The van der Waals surface area contributed by atoms with Gasteiger partial charge in [-0.2, -0.15) is 0 Å². The minimum atomic E-state index is -0.0722. The lowest BCUT2D eigenvalue weighted by Gasteiger charge is -2.27. The Morgan fingerprint density at radius 2 is 2.09 bits per heavy atom. The van der Waals surface area contributed by atoms with Crippen LogP contribution in [0.5, 0.6) is 11.5 Å². The zero-order valence-electron chi connectivity index (χ0n) is 12.1. The van der Waals surface area contributed by atoms with Gasteiger partial charge in [0, 0.05) is 22.5 Å². The van der Waals surface area contributed by atoms with Crippen LogP contribution in [0, 0.1) is 9.87 Å². The fourth-order valence-electron chi connectivity index (χ4n) is 2.67. The summed E-state index contributed by atoms with van der Waals surface area (Å²) in [5.41, 5.74) is 1.04. The molecule has 1 aromatic carbocycles. The van der Waals surface area contributed by atoms with Gasteiger partial charge in [0.1, 0.15) is 6.29 Å². The maximum Gasteiger partial charge on any atom is 0.161 e. The molecule has 22 heavy (non-hydrogen) atoms. The number of carbonyl (C=O) groups excluding carboxylic acids is 1. The second-order valence-electron chi connectivity index (χ2n) is 4.91. The zero-order valence-corrected chi connectivity index (χ0v) is 14.6. The number of H-pyrrole nitrogens is 1. The molecule has 7 heteroatoms. The quantitative estimate of drug-likeness (QED) is 0.668. The van der Waals surface area contributed by atoms with Crippen molar-refractivity contribution in [1.82, 2.24) is 4.98 Å². The molecule has 2 atom stereocenters. The lowest BCUT2D eigenvalue weighted by atomic mass is 9.86. The average molecular weight is 353 g/mol. The fourth-order valence-corrected chi connectivity index (χ4v) is 5.48. The Labute approximate surface area is 141 Å². The molecular weight excluding hydrogens is 338 g/mol. The highest BCUT2D eigenvalue weighted by molar-refractivity contribution is 7.99. The highest BCUT2D eigenvalue weighted by Crippen LogP contribution is 2.47. The van der Waals surface area contributed by atoms with Crippen LogP contribution in [0.2, 0.25) is 0 Å². The van der Waals surface area contributed by atoms with Gasteiger partial charge in [-0.05, 0) is 29.9 Å². The number of fused-ring (bicyclic) bond motifs is 1. The van der Waals surface area contributed by atoms with Crippen LogP contribution < -0.4 is 9.47 Å². The molecule has 0 aliphatic carbocycles. The third kappa shape index (κ3) is 2.68. The van der Waals surface area contributed by atoms with Crippen molar-refractivity contribution in [2.75, 3.05) is 20.0 Å². The predicted molar refractivity (Wildman–Crippen MR) is 91.2 cm³/mol. The van der Waals surface area contributed by atoms with E-state index >= 15 is 0 Å². The number of ether oxygens (including phenoxy) is 2. The molecule has 1 aliphatic rings. The number of rotatable bonds is 4. The van der Waals surface area contributed by atoms with Gasteiger partial charge in [-0.1, -0.05) is 6.07 Å². The van der Waals surface area contributed by atoms with E-state index in [1.807, 2.05) is 18.2 Å². The second kappa shape index (κ2) is 6.44. The summed E-state index contributed by atoms with van der Waals surface area (Å²) in [6.07, 6.45) is 1.04. The molecule has 4 nitrogen and oxygen atoms in total. The summed E-state index contributed by atoms with van der Waals surface area (Å²) in [6.45, 7) is 0. The molecule has 1 aromatic heterocycles. The molecule has 0 bridgehead atoms. The Kier molecular flexibility index (Phi) is 4.56. The Morgan fingerprint density at radius 3 is 2.77 bits per heavy atom. The molecule has 0 spiro atoms. The van der Waals surface area contributed by atoms with Gasteiger partial charge in [0.2, 0.25) is 0 Å². The van der Waals surface area contributed by atoms with Crippen molar-refractivity contribution in [1.29, 1.82) is 0 Å². The van der Waals surface area contributed by atoms with Crippen molar-refractivity contribution in [3.63, 3.8) is 0 Å². The van der Waals surface area contributed by atoms with Crippen LogP contribution in [0.3, 0.4) is 0 Å². The van der Waals surface area contributed by atoms with E-state index < -0.39 is 0 Å². The molecular formula is C15H15NO3S3. The molecule has 116 valence electrons. The Balaban J connectivity index is 2.12. The van der Waals surface area contributed by atoms with Gasteiger partial charge in [0.25, 0.3) is 0 Å². The van der Waals surface area contributed by atoms with E-state index in [1.54, 1.807) is 37.3 Å². The first kappa shape index (κ1) is 15.6. The third-order valence-electron chi connectivity index (χ3n) is 3.71. The molecule has 3 rings (SSSR count). The minimum absolute atomic E-state index is 0.00602. The molecule has 2 heterocycles.